The van der Waals surface area contributed by atoms with E-state index in [2.05, 4.69) is 15.3 Å². The molecule has 0 bridgehead atoms. The van der Waals surface area contributed by atoms with Gasteiger partial charge in [-0.3, -0.25) is 14.0 Å². The van der Waals surface area contributed by atoms with Crippen molar-refractivity contribution in [1.29, 1.82) is 0 Å². The summed E-state index contributed by atoms with van der Waals surface area (Å²) in [7, 11) is 0. The molecular weight excluding hydrogens is 486 g/mol. The molecule has 4 heterocycles. The Morgan fingerprint density at radius 2 is 1.94 bits per heavy atom. The third kappa shape index (κ3) is 3.92. The molecule has 0 saturated carbocycles. The monoisotopic (exact) mass is 504 g/mol. The van der Waals surface area contributed by atoms with E-state index in [-0.39, 0.29) is 27.2 Å². The first-order valence-corrected chi connectivity index (χ1v) is 11.3. The summed E-state index contributed by atoms with van der Waals surface area (Å²) in [6.45, 7) is 3.68. The highest BCUT2D eigenvalue weighted by atomic mass is 35.5. The standard InChI is InChI=1S/C22H19Cl2FN6O3/c1-12-20(28-34-27-12)29-4-6-30(7-5-29)22(33)15-9-13(2-3-17(15)25)8-14-11-26-21(32)18-10-16(23)19(24)31(14)18/h2-3,9-11H,4-8H2,1H3,(H,26,32). The van der Waals surface area contributed by atoms with Crippen molar-refractivity contribution in [1.82, 2.24) is 24.6 Å². The molecule has 0 aliphatic carbocycles. The van der Waals surface area contributed by atoms with Crippen molar-refractivity contribution >= 4 is 40.4 Å². The highest BCUT2D eigenvalue weighted by Gasteiger charge is 2.26. The van der Waals surface area contributed by atoms with E-state index in [0.29, 0.717) is 60.9 Å². The van der Waals surface area contributed by atoms with Crippen molar-refractivity contribution in [3.63, 3.8) is 0 Å². The molecule has 12 heteroatoms. The summed E-state index contributed by atoms with van der Waals surface area (Å²) in [6.07, 6.45) is 1.83. The van der Waals surface area contributed by atoms with E-state index in [9.17, 15) is 14.0 Å². The lowest BCUT2D eigenvalue weighted by Gasteiger charge is -2.34. The van der Waals surface area contributed by atoms with Crippen LogP contribution in [0.5, 0.6) is 0 Å². The van der Waals surface area contributed by atoms with E-state index in [4.69, 9.17) is 27.8 Å². The van der Waals surface area contributed by atoms with E-state index in [1.807, 2.05) is 4.90 Å². The molecule has 1 fully saturated rings. The highest BCUT2D eigenvalue weighted by Crippen LogP contribution is 2.27. The predicted molar refractivity (Wildman–Crippen MR) is 124 cm³/mol. The number of aryl methyl sites for hydroxylation is 1. The summed E-state index contributed by atoms with van der Waals surface area (Å²) in [4.78, 5) is 31.5. The third-order valence-corrected chi connectivity index (χ3v) is 6.69. The third-order valence-electron chi connectivity index (χ3n) is 5.93. The SMILES string of the molecule is Cc1nonc1N1CCN(C(=O)c2cc(Cc3c[nH]c(=O)c4cc(Cl)c(Cl)n34)ccc2F)CC1. The van der Waals surface area contributed by atoms with Crippen LogP contribution in [0.1, 0.15) is 27.3 Å². The fourth-order valence-electron chi connectivity index (χ4n) is 4.18. The molecule has 4 aromatic rings. The first kappa shape index (κ1) is 22.4. The van der Waals surface area contributed by atoms with Crippen LogP contribution in [-0.2, 0) is 6.42 Å². The number of halogens is 3. The molecule has 1 aliphatic heterocycles. The lowest BCUT2D eigenvalue weighted by Crippen LogP contribution is -2.49. The van der Waals surface area contributed by atoms with Crippen LogP contribution in [0.25, 0.3) is 5.52 Å². The molecule has 9 nitrogen and oxygen atoms in total. The van der Waals surface area contributed by atoms with Crippen molar-refractivity contribution in [2.45, 2.75) is 13.3 Å². The fourth-order valence-corrected chi connectivity index (χ4v) is 4.62. The summed E-state index contributed by atoms with van der Waals surface area (Å²) in [6, 6.07) is 5.89. The average molecular weight is 505 g/mol. The number of fused-ring (bicyclic) bond motifs is 1. The number of hydrogen-bond acceptors (Lipinski definition) is 6. The molecule has 1 amide bonds. The Balaban J connectivity index is 1.37. The summed E-state index contributed by atoms with van der Waals surface area (Å²) in [5, 5.41) is 8.16. The van der Waals surface area contributed by atoms with Crippen LogP contribution >= 0.6 is 23.2 Å². The first-order valence-electron chi connectivity index (χ1n) is 10.5. The van der Waals surface area contributed by atoms with Crippen LogP contribution in [0.15, 0.2) is 39.9 Å². The molecule has 0 atom stereocenters. The van der Waals surface area contributed by atoms with Gasteiger partial charge in [-0.1, -0.05) is 34.4 Å². The molecular formula is C22H19Cl2FN6O3. The van der Waals surface area contributed by atoms with Crippen molar-refractivity contribution < 1.29 is 13.8 Å². The maximum Gasteiger partial charge on any atom is 0.272 e. The second kappa shape index (κ2) is 8.77. The minimum Gasteiger partial charge on any atom is -0.349 e. The zero-order valence-electron chi connectivity index (χ0n) is 18.0. The summed E-state index contributed by atoms with van der Waals surface area (Å²) < 4.78 is 21.0. The van der Waals surface area contributed by atoms with Gasteiger partial charge >= 0.3 is 0 Å². The van der Waals surface area contributed by atoms with E-state index >= 15 is 0 Å². The summed E-state index contributed by atoms with van der Waals surface area (Å²) >= 11 is 12.4. The first-order chi connectivity index (χ1) is 16.3. The molecule has 1 saturated heterocycles. The van der Waals surface area contributed by atoms with Crippen molar-refractivity contribution in [2.75, 3.05) is 31.1 Å². The number of H-pyrrole nitrogens is 1. The van der Waals surface area contributed by atoms with Gasteiger partial charge in [0.05, 0.1) is 10.6 Å². The predicted octanol–water partition coefficient (Wildman–Crippen LogP) is 3.32. The van der Waals surface area contributed by atoms with Gasteiger partial charge in [0, 0.05) is 44.5 Å². The van der Waals surface area contributed by atoms with E-state index in [1.165, 1.54) is 24.4 Å². The van der Waals surface area contributed by atoms with Crippen molar-refractivity contribution in [3.05, 3.63) is 79.3 Å². The van der Waals surface area contributed by atoms with Crippen molar-refractivity contribution in [3.8, 4) is 0 Å². The maximum absolute atomic E-state index is 14.7. The second-order valence-electron chi connectivity index (χ2n) is 8.06. The Bertz CT molecular complexity index is 1450. The number of carbonyl (C=O) groups is 1. The normalized spacial score (nSPS) is 14.2. The van der Waals surface area contributed by atoms with Crippen LogP contribution in [0.4, 0.5) is 10.2 Å². The Morgan fingerprint density at radius 1 is 1.18 bits per heavy atom. The van der Waals surface area contributed by atoms with Crippen molar-refractivity contribution in [2.24, 2.45) is 0 Å². The summed E-state index contributed by atoms with van der Waals surface area (Å²) in [5.41, 5.74) is 1.97. The number of rotatable bonds is 4. The van der Waals surface area contributed by atoms with Crippen LogP contribution in [0.3, 0.4) is 0 Å². The molecule has 1 N–H and O–H groups in total. The smallest absolute Gasteiger partial charge is 0.272 e. The number of benzene rings is 1. The zero-order valence-corrected chi connectivity index (χ0v) is 19.5. The van der Waals surface area contributed by atoms with Gasteiger partial charge in [0.25, 0.3) is 11.5 Å². The molecule has 176 valence electrons. The molecule has 1 aliphatic rings. The van der Waals surface area contributed by atoms with Crippen LogP contribution in [0.2, 0.25) is 10.2 Å². The van der Waals surface area contributed by atoms with Gasteiger partial charge in [-0.25, -0.2) is 9.02 Å². The number of carbonyl (C=O) groups excluding carboxylic acids is 1. The van der Waals surface area contributed by atoms with E-state index < -0.39 is 5.82 Å². The molecule has 34 heavy (non-hydrogen) atoms. The second-order valence-corrected chi connectivity index (χ2v) is 8.82. The molecule has 1 aromatic carbocycles. The van der Waals surface area contributed by atoms with Gasteiger partial charge in [0.1, 0.15) is 22.2 Å². The fraction of sp³-hybridized carbons (Fsp3) is 0.273. The topological polar surface area (TPSA) is 99.7 Å². The van der Waals surface area contributed by atoms with Gasteiger partial charge in [-0.05, 0) is 35.8 Å². The minimum atomic E-state index is -0.596. The lowest BCUT2D eigenvalue weighted by atomic mass is 10.0. The number of nitrogens with zero attached hydrogens (tertiary/aromatic N) is 5. The van der Waals surface area contributed by atoms with Crippen LogP contribution in [0, 0.1) is 12.7 Å². The molecule has 5 rings (SSSR count). The van der Waals surface area contributed by atoms with Gasteiger partial charge in [-0.15, -0.1) is 0 Å². The Kier molecular flexibility index (Phi) is 5.78. The minimum absolute atomic E-state index is 0.0115. The zero-order chi connectivity index (χ0) is 24.0. The Morgan fingerprint density at radius 3 is 2.65 bits per heavy atom. The number of anilines is 1. The maximum atomic E-state index is 14.7. The van der Waals surface area contributed by atoms with Crippen LogP contribution in [-0.4, -0.2) is 56.7 Å². The molecule has 0 unspecified atom stereocenters. The Labute approximate surface area is 202 Å². The number of piperazine rings is 1. The highest BCUT2D eigenvalue weighted by molar-refractivity contribution is 6.42. The van der Waals surface area contributed by atoms with E-state index in [0.717, 1.165) is 0 Å². The van der Waals surface area contributed by atoms with Gasteiger partial charge in [0.15, 0.2) is 5.82 Å². The van der Waals surface area contributed by atoms with E-state index in [1.54, 1.807) is 22.3 Å². The number of amides is 1. The average Bonchev–Trinajstić information content (AvgIpc) is 3.40. The number of hydrogen-bond donors (Lipinski definition) is 1. The van der Waals surface area contributed by atoms with Crippen LogP contribution < -0.4 is 10.5 Å². The number of aromatic nitrogens is 4. The molecule has 0 spiro atoms. The van der Waals surface area contributed by atoms with Gasteiger partial charge in [0.2, 0.25) is 0 Å². The number of aromatic amines is 1. The lowest BCUT2D eigenvalue weighted by molar-refractivity contribution is 0.0741. The number of nitrogens with one attached hydrogen (secondary N) is 1. The Hall–Kier alpha value is -3.37. The molecule has 0 radical (unpaired) electrons. The molecule has 3 aromatic heterocycles. The van der Waals surface area contributed by atoms with Gasteiger partial charge in [-0.2, -0.15) is 0 Å². The quantitative estimate of drug-likeness (QED) is 0.457. The largest absolute Gasteiger partial charge is 0.349 e. The van der Waals surface area contributed by atoms with Gasteiger partial charge < -0.3 is 14.8 Å². The summed E-state index contributed by atoms with van der Waals surface area (Å²) in [5.74, 6) is -0.333.